The molecule has 0 heterocycles. The third kappa shape index (κ3) is 3.75. The van der Waals surface area contributed by atoms with Crippen molar-refractivity contribution in [3.8, 4) is 0 Å². The van der Waals surface area contributed by atoms with Crippen LogP contribution >= 0.6 is 11.6 Å². The summed E-state index contributed by atoms with van der Waals surface area (Å²) in [6.45, 7) is 3.62. The first kappa shape index (κ1) is 13.5. The molecule has 0 saturated heterocycles. The van der Waals surface area contributed by atoms with E-state index >= 15 is 0 Å². The quantitative estimate of drug-likeness (QED) is 0.472. The second-order valence-electron chi connectivity index (χ2n) is 3.57. The van der Waals surface area contributed by atoms with Crippen LogP contribution in [0.3, 0.4) is 0 Å². The van der Waals surface area contributed by atoms with E-state index in [1.54, 1.807) is 24.3 Å². The summed E-state index contributed by atoms with van der Waals surface area (Å²) in [7, 11) is 1.28. The standard InChI is InChI=1S/C12H14ClNO3/c1-8(2)17-14-11(12(15)16-3)9-6-4-5-7-10(9)13/h4-8H,1-3H3. The van der Waals surface area contributed by atoms with Gasteiger partial charge in [0.25, 0.3) is 0 Å². The number of carbonyl (C=O) groups excluding carboxylic acids is 1. The average Bonchev–Trinajstić information content (AvgIpc) is 2.30. The second kappa shape index (κ2) is 6.25. The van der Waals surface area contributed by atoms with Crippen LogP contribution in [0.4, 0.5) is 0 Å². The van der Waals surface area contributed by atoms with Crippen LogP contribution in [-0.4, -0.2) is 24.9 Å². The lowest BCUT2D eigenvalue weighted by molar-refractivity contribution is -0.132. The van der Waals surface area contributed by atoms with Crippen molar-refractivity contribution in [1.29, 1.82) is 0 Å². The molecule has 5 heteroatoms. The number of rotatable bonds is 4. The number of ether oxygens (including phenoxy) is 1. The normalized spacial score (nSPS) is 11.5. The summed E-state index contributed by atoms with van der Waals surface area (Å²) in [6, 6.07) is 6.88. The van der Waals surface area contributed by atoms with Crippen molar-refractivity contribution in [2.24, 2.45) is 5.16 Å². The molecule has 0 N–H and O–H groups in total. The maximum absolute atomic E-state index is 11.6. The van der Waals surface area contributed by atoms with Crippen molar-refractivity contribution in [3.63, 3.8) is 0 Å². The van der Waals surface area contributed by atoms with Gasteiger partial charge in [-0.25, -0.2) is 4.79 Å². The van der Waals surface area contributed by atoms with E-state index in [2.05, 4.69) is 9.89 Å². The molecule has 1 aromatic rings. The minimum Gasteiger partial charge on any atom is -0.464 e. The topological polar surface area (TPSA) is 47.9 Å². The molecule has 1 rings (SSSR count). The summed E-state index contributed by atoms with van der Waals surface area (Å²) >= 11 is 5.99. The van der Waals surface area contributed by atoms with Gasteiger partial charge in [0.2, 0.25) is 0 Å². The van der Waals surface area contributed by atoms with E-state index in [0.29, 0.717) is 10.6 Å². The molecule has 0 aromatic heterocycles. The molecular formula is C12H14ClNO3. The Morgan fingerprint density at radius 1 is 1.35 bits per heavy atom. The van der Waals surface area contributed by atoms with Crippen molar-refractivity contribution in [2.45, 2.75) is 20.0 Å². The van der Waals surface area contributed by atoms with Gasteiger partial charge in [0.1, 0.15) is 6.10 Å². The van der Waals surface area contributed by atoms with Crippen molar-refractivity contribution >= 4 is 23.3 Å². The molecule has 0 atom stereocenters. The first-order valence-corrected chi connectivity index (χ1v) is 5.51. The fourth-order valence-corrected chi connectivity index (χ4v) is 1.33. The highest BCUT2D eigenvalue weighted by Gasteiger charge is 2.18. The highest BCUT2D eigenvalue weighted by atomic mass is 35.5. The number of hydrogen-bond acceptors (Lipinski definition) is 4. The van der Waals surface area contributed by atoms with E-state index in [4.69, 9.17) is 16.4 Å². The minimum atomic E-state index is -0.584. The van der Waals surface area contributed by atoms with E-state index in [0.717, 1.165) is 0 Å². The van der Waals surface area contributed by atoms with Gasteiger partial charge in [-0.2, -0.15) is 0 Å². The number of hydrogen-bond donors (Lipinski definition) is 0. The van der Waals surface area contributed by atoms with Gasteiger partial charge >= 0.3 is 5.97 Å². The Morgan fingerprint density at radius 3 is 2.53 bits per heavy atom. The van der Waals surface area contributed by atoms with Crippen molar-refractivity contribution < 1.29 is 14.4 Å². The van der Waals surface area contributed by atoms with Crippen LogP contribution in [0.25, 0.3) is 0 Å². The number of nitrogens with zero attached hydrogens (tertiary/aromatic N) is 1. The molecule has 0 spiro atoms. The fraction of sp³-hybridized carbons (Fsp3) is 0.333. The van der Waals surface area contributed by atoms with Gasteiger partial charge in [-0.1, -0.05) is 35.0 Å². The zero-order valence-electron chi connectivity index (χ0n) is 9.94. The molecule has 0 fully saturated rings. The molecule has 0 saturated carbocycles. The maximum atomic E-state index is 11.6. The van der Waals surface area contributed by atoms with Crippen LogP contribution in [0.15, 0.2) is 29.4 Å². The molecule has 0 aliphatic rings. The van der Waals surface area contributed by atoms with Gasteiger partial charge in [-0.3, -0.25) is 0 Å². The summed E-state index contributed by atoms with van der Waals surface area (Å²) in [6.07, 6.45) is -0.128. The third-order valence-electron chi connectivity index (χ3n) is 1.86. The van der Waals surface area contributed by atoms with E-state index in [9.17, 15) is 4.79 Å². The largest absolute Gasteiger partial charge is 0.464 e. The SMILES string of the molecule is COC(=O)C(=NOC(C)C)c1ccccc1Cl. The molecule has 0 radical (unpaired) electrons. The van der Waals surface area contributed by atoms with Crippen molar-refractivity contribution in [3.05, 3.63) is 34.9 Å². The Balaban J connectivity index is 3.11. The van der Waals surface area contributed by atoms with Crippen LogP contribution in [0.5, 0.6) is 0 Å². The zero-order chi connectivity index (χ0) is 12.8. The Morgan fingerprint density at radius 2 is 2.00 bits per heavy atom. The number of benzene rings is 1. The van der Waals surface area contributed by atoms with Crippen LogP contribution in [-0.2, 0) is 14.4 Å². The Kier molecular flexibility index (Phi) is 4.97. The van der Waals surface area contributed by atoms with Crippen molar-refractivity contribution in [2.75, 3.05) is 7.11 Å². The number of carbonyl (C=O) groups is 1. The number of halogens is 1. The predicted octanol–water partition coefficient (Wildman–Crippen LogP) is 2.64. The Hall–Kier alpha value is -1.55. The third-order valence-corrected chi connectivity index (χ3v) is 2.19. The molecule has 0 bridgehead atoms. The Labute approximate surface area is 105 Å². The molecule has 17 heavy (non-hydrogen) atoms. The molecule has 92 valence electrons. The van der Waals surface area contributed by atoms with E-state index < -0.39 is 5.97 Å². The maximum Gasteiger partial charge on any atom is 0.360 e. The molecular weight excluding hydrogens is 242 g/mol. The van der Waals surface area contributed by atoms with Gasteiger partial charge in [0, 0.05) is 5.56 Å². The molecule has 0 unspecified atom stereocenters. The highest BCUT2D eigenvalue weighted by Crippen LogP contribution is 2.17. The number of esters is 1. The summed E-state index contributed by atoms with van der Waals surface area (Å²) in [4.78, 5) is 16.7. The van der Waals surface area contributed by atoms with Crippen LogP contribution in [0.2, 0.25) is 5.02 Å². The average molecular weight is 256 g/mol. The van der Waals surface area contributed by atoms with Gasteiger partial charge < -0.3 is 9.57 Å². The zero-order valence-corrected chi connectivity index (χ0v) is 10.7. The number of oxime groups is 1. The van der Waals surface area contributed by atoms with E-state index in [-0.39, 0.29) is 11.8 Å². The lowest BCUT2D eigenvalue weighted by Gasteiger charge is -2.08. The highest BCUT2D eigenvalue weighted by molar-refractivity contribution is 6.47. The van der Waals surface area contributed by atoms with Gasteiger partial charge in [0.05, 0.1) is 12.1 Å². The minimum absolute atomic E-state index is 0.0619. The van der Waals surface area contributed by atoms with Gasteiger partial charge in [-0.15, -0.1) is 0 Å². The summed E-state index contributed by atoms with van der Waals surface area (Å²) in [5.41, 5.74) is 0.550. The lowest BCUT2D eigenvalue weighted by Crippen LogP contribution is -2.19. The molecule has 0 aliphatic heterocycles. The van der Waals surface area contributed by atoms with E-state index in [1.165, 1.54) is 7.11 Å². The number of methoxy groups -OCH3 is 1. The molecule has 1 aromatic carbocycles. The predicted molar refractivity (Wildman–Crippen MR) is 66.2 cm³/mol. The fourth-order valence-electron chi connectivity index (χ4n) is 1.10. The summed E-state index contributed by atoms with van der Waals surface area (Å²) in [5.74, 6) is -0.584. The Bertz CT molecular complexity index is 430. The molecule has 4 nitrogen and oxygen atoms in total. The smallest absolute Gasteiger partial charge is 0.360 e. The first-order chi connectivity index (χ1) is 8.06. The molecule has 0 aliphatic carbocycles. The van der Waals surface area contributed by atoms with Crippen LogP contribution in [0, 0.1) is 0 Å². The van der Waals surface area contributed by atoms with Gasteiger partial charge in [0.15, 0.2) is 5.71 Å². The van der Waals surface area contributed by atoms with Crippen LogP contribution in [0.1, 0.15) is 19.4 Å². The van der Waals surface area contributed by atoms with Crippen LogP contribution < -0.4 is 0 Å². The summed E-state index contributed by atoms with van der Waals surface area (Å²) in [5, 5.41) is 4.20. The lowest BCUT2D eigenvalue weighted by atomic mass is 10.1. The van der Waals surface area contributed by atoms with Gasteiger partial charge in [-0.05, 0) is 19.9 Å². The second-order valence-corrected chi connectivity index (χ2v) is 3.97. The molecule has 0 amide bonds. The van der Waals surface area contributed by atoms with Crippen molar-refractivity contribution in [1.82, 2.24) is 0 Å². The first-order valence-electron chi connectivity index (χ1n) is 5.13. The van der Waals surface area contributed by atoms with E-state index in [1.807, 2.05) is 13.8 Å². The summed E-state index contributed by atoms with van der Waals surface area (Å²) < 4.78 is 4.65. The monoisotopic (exact) mass is 255 g/mol.